The fourth-order valence-electron chi connectivity index (χ4n) is 1.84. The fraction of sp³-hybridized carbons (Fsp3) is 0.133. The maximum absolute atomic E-state index is 12.6. The lowest BCUT2D eigenvalue weighted by Gasteiger charge is -2.10. The summed E-state index contributed by atoms with van der Waals surface area (Å²) >= 11 is 0. The van der Waals surface area contributed by atoms with E-state index in [0.717, 1.165) is 18.2 Å². The predicted octanol–water partition coefficient (Wildman–Crippen LogP) is 3.49. The molecule has 120 valence electrons. The highest BCUT2D eigenvalue weighted by molar-refractivity contribution is 7.86. The van der Waals surface area contributed by atoms with Crippen molar-refractivity contribution in [3.05, 3.63) is 65.2 Å². The average molecular weight is 341 g/mol. The van der Waals surface area contributed by atoms with Gasteiger partial charge in [-0.15, -0.1) is 0 Å². The first-order valence-corrected chi connectivity index (χ1v) is 7.86. The molecule has 0 amide bonds. The molecule has 4 nitrogen and oxygen atoms in total. The maximum Gasteiger partial charge on any atom is 0.416 e. The Balaban J connectivity index is 2.20. The molecule has 0 spiro atoms. The number of nitriles is 1. The minimum atomic E-state index is -4.59. The molecule has 0 unspecified atom stereocenters. The number of benzene rings is 2. The van der Waals surface area contributed by atoms with Crippen LogP contribution in [0.5, 0.6) is 5.75 Å². The van der Waals surface area contributed by atoms with Crippen molar-refractivity contribution in [2.75, 3.05) is 0 Å². The monoisotopic (exact) mass is 341 g/mol. The Morgan fingerprint density at radius 3 is 2.43 bits per heavy atom. The van der Waals surface area contributed by atoms with Gasteiger partial charge in [0.25, 0.3) is 0 Å². The number of hydrogen-bond donors (Lipinski definition) is 0. The topological polar surface area (TPSA) is 67.2 Å². The molecule has 0 aliphatic rings. The van der Waals surface area contributed by atoms with Gasteiger partial charge in [-0.25, -0.2) is 0 Å². The fourth-order valence-corrected chi connectivity index (χ4v) is 2.88. The second-order valence-electron chi connectivity index (χ2n) is 4.62. The third-order valence-electron chi connectivity index (χ3n) is 2.78. The molecule has 0 fully saturated rings. The number of rotatable bonds is 4. The van der Waals surface area contributed by atoms with E-state index in [1.165, 1.54) is 24.3 Å². The van der Waals surface area contributed by atoms with Gasteiger partial charge in [-0.2, -0.15) is 26.9 Å². The van der Waals surface area contributed by atoms with Crippen LogP contribution in [0.1, 0.15) is 16.7 Å². The summed E-state index contributed by atoms with van der Waals surface area (Å²) in [6.45, 7) is 0. The summed E-state index contributed by atoms with van der Waals surface area (Å²) in [5, 5.41) is 8.77. The van der Waals surface area contributed by atoms with E-state index in [2.05, 4.69) is 0 Å². The van der Waals surface area contributed by atoms with Crippen molar-refractivity contribution >= 4 is 10.1 Å². The molecule has 0 atom stereocenters. The Morgan fingerprint density at radius 1 is 1.09 bits per heavy atom. The third kappa shape index (κ3) is 4.72. The van der Waals surface area contributed by atoms with Crippen molar-refractivity contribution in [1.29, 1.82) is 5.26 Å². The van der Waals surface area contributed by atoms with Crippen LogP contribution in [0, 0.1) is 11.3 Å². The predicted molar refractivity (Wildman–Crippen MR) is 75.9 cm³/mol. The van der Waals surface area contributed by atoms with Gasteiger partial charge in [-0.3, -0.25) is 0 Å². The molecule has 0 N–H and O–H groups in total. The molecule has 2 aromatic carbocycles. The van der Waals surface area contributed by atoms with Crippen LogP contribution < -0.4 is 4.18 Å². The zero-order valence-electron chi connectivity index (χ0n) is 11.5. The molecule has 0 aliphatic heterocycles. The Bertz CT molecular complexity index is 855. The summed E-state index contributed by atoms with van der Waals surface area (Å²) in [6.07, 6.45) is -4.59. The molecule has 0 saturated heterocycles. The smallest absolute Gasteiger partial charge is 0.382 e. The van der Waals surface area contributed by atoms with Gasteiger partial charge < -0.3 is 4.18 Å². The lowest BCUT2D eigenvalue weighted by molar-refractivity contribution is -0.137. The first-order valence-electron chi connectivity index (χ1n) is 6.28. The molecule has 0 bridgehead atoms. The SMILES string of the molecule is N#Cc1cccc(CS(=O)(=O)Oc2cccc(C(F)(F)F)c2)c1. The highest BCUT2D eigenvalue weighted by atomic mass is 32.2. The molecule has 8 heteroatoms. The zero-order chi connectivity index (χ0) is 17.1. The van der Waals surface area contributed by atoms with Gasteiger partial charge in [0.05, 0.1) is 17.2 Å². The average Bonchev–Trinajstić information content (AvgIpc) is 2.45. The van der Waals surface area contributed by atoms with Gasteiger partial charge in [0, 0.05) is 0 Å². The Labute approximate surface area is 130 Å². The van der Waals surface area contributed by atoms with Crippen molar-refractivity contribution in [2.24, 2.45) is 0 Å². The van der Waals surface area contributed by atoms with Crippen molar-refractivity contribution in [3.63, 3.8) is 0 Å². The number of nitrogens with zero attached hydrogens (tertiary/aromatic N) is 1. The summed E-state index contributed by atoms with van der Waals surface area (Å²) < 4.78 is 66.4. The molecule has 0 radical (unpaired) electrons. The summed E-state index contributed by atoms with van der Waals surface area (Å²) in [6, 6.07) is 11.3. The molecule has 23 heavy (non-hydrogen) atoms. The van der Waals surface area contributed by atoms with Crippen molar-refractivity contribution in [3.8, 4) is 11.8 Å². The summed E-state index contributed by atoms with van der Waals surface area (Å²) in [7, 11) is -4.15. The number of hydrogen-bond acceptors (Lipinski definition) is 4. The molecule has 0 heterocycles. The Hall–Kier alpha value is -2.53. The standard InChI is InChI=1S/C15H10F3NO3S/c16-15(17,18)13-5-2-6-14(8-13)22-23(20,21)10-12-4-1-3-11(7-12)9-19/h1-8H,10H2. The number of halogens is 3. The van der Waals surface area contributed by atoms with Crippen LogP contribution in [0.3, 0.4) is 0 Å². The number of alkyl halides is 3. The van der Waals surface area contributed by atoms with Crippen LogP contribution in [0.15, 0.2) is 48.5 Å². The van der Waals surface area contributed by atoms with Crippen molar-refractivity contribution < 1.29 is 25.8 Å². The van der Waals surface area contributed by atoms with E-state index < -0.39 is 33.4 Å². The van der Waals surface area contributed by atoms with Gasteiger partial charge in [-0.1, -0.05) is 18.2 Å². The van der Waals surface area contributed by atoms with Gasteiger partial charge in [-0.05, 0) is 35.9 Å². The lowest BCUT2D eigenvalue weighted by Crippen LogP contribution is -2.13. The second-order valence-corrected chi connectivity index (χ2v) is 6.19. The Kier molecular flexibility index (Phi) is 4.61. The van der Waals surface area contributed by atoms with E-state index in [1.54, 1.807) is 0 Å². The second kappa shape index (κ2) is 6.30. The molecule has 0 aromatic heterocycles. The van der Waals surface area contributed by atoms with Gasteiger partial charge >= 0.3 is 16.3 Å². The minimum absolute atomic E-state index is 0.275. The van der Waals surface area contributed by atoms with Gasteiger partial charge in [0.15, 0.2) is 0 Å². The lowest BCUT2D eigenvalue weighted by atomic mass is 10.2. The van der Waals surface area contributed by atoms with E-state index in [1.807, 2.05) is 6.07 Å². The summed E-state index contributed by atoms with van der Waals surface area (Å²) in [4.78, 5) is 0. The molecule has 2 aromatic rings. The van der Waals surface area contributed by atoms with Gasteiger partial charge in [0.2, 0.25) is 0 Å². The third-order valence-corrected chi connectivity index (χ3v) is 3.92. The van der Waals surface area contributed by atoms with E-state index in [0.29, 0.717) is 11.6 Å². The van der Waals surface area contributed by atoms with Crippen LogP contribution in [0.4, 0.5) is 13.2 Å². The van der Waals surface area contributed by atoms with Crippen LogP contribution in [-0.4, -0.2) is 8.42 Å². The zero-order valence-corrected chi connectivity index (χ0v) is 12.4. The van der Waals surface area contributed by atoms with E-state index >= 15 is 0 Å². The van der Waals surface area contributed by atoms with Crippen LogP contribution >= 0.6 is 0 Å². The first-order chi connectivity index (χ1) is 10.7. The highest BCUT2D eigenvalue weighted by Crippen LogP contribution is 2.31. The minimum Gasteiger partial charge on any atom is -0.382 e. The molecular formula is C15H10F3NO3S. The van der Waals surface area contributed by atoms with Crippen molar-refractivity contribution in [2.45, 2.75) is 11.9 Å². The molecular weight excluding hydrogens is 331 g/mol. The van der Waals surface area contributed by atoms with Crippen LogP contribution in [0.2, 0.25) is 0 Å². The summed E-state index contributed by atoms with van der Waals surface area (Å²) in [5.41, 5.74) is -0.426. The summed E-state index contributed by atoms with van der Waals surface area (Å²) in [5.74, 6) is -0.977. The normalized spacial score (nSPS) is 11.7. The van der Waals surface area contributed by atoms with Crippen LogP contribution in [0.25, 0.3) is 0 Å². The Morgan fingerprint density at radius 2 is 1.78 bits per heavy atom. The van der Waals surface area contributed by atoms with Crippen LogP contribution in [-0.2, 0) is 22.0 Å². The van der Waals surface area contributed by atoms with E-state index in [4.69, 9.17) is 9.44 Å². The first kappa shape index (κ1) is 16.8. The quantitative estimate of drug-likeness (QED) is 0.799. The van der Waals surface area contributed by atoms with Crippen molar-refractivity contribution in [1.82, 2.24) is 0 Å². The molecule has 0 aliphatic carbocycles. The molecule has 2 rings (SSSR count). The largest absolute Gasteiger partial charge is 0.416 e. The maximum atomic E-state index is 12.6. The highest BCUT2D eigenvalue weighted by Gasteiger charge is 2.31. The van der Waals surface area contributed by atoms with E-state index in [-0.39, 0.29) is 5.56 Å². The van der Waals surface area contributed by atoms with Gasteiger partial charge in [0.1, 0.15) is 11.5 Å². The van der Waals surface area contributed by atoms with E-state index in [9.17, 15) is 21.6 Å². The molecule has 0 saturated carbocycles.